The van der Waals surface area contributed by atoms with Crippen LogP contribution >= 0.6 is 0 Å². The highest BCUT2D eigenvalue weighted by Gasteiger charge is 2.38. The Morgan fingerprint density at radius 1 is 1.04 bits per heavy atom. The molecule has 1 aliphatic heterocycles. The molecule has 0 aromatic heterocycles. The summed E-state index contributed by atoms with van der Waals surface area (Å²) in [6, 6.07) is 14.1. The smallest absolute Gasteiger partial charge is 0.261 e. The molecule has 120 valence electrons. The van der Waals surface area contributed by atoms with Crippen molar-refractivity contribution < 1.29 is 14.0 Å². The number of hydrogen-bond acceptors (Lipinski definition) is 3. The topological polar surface area (TPSA) is 61.2 Å². The lowest BCUT2D eigenvalue weighted by Crippen LogP contribution is -2.38. The van der Waals surface area contributed by atoms with Gasteiger partial charge in [-0.25, -0.2) is 4.39 Å². The molecule has 1 aliphatic rings. The first-order chi connectivity index (χ1) is 11.5. The maximum Gasteiger partial charge on any atom is 0.261 e. The van der Waals surface area contributed by atoms with Gasteiger partial charge in [0.25, 0.3) is 11.8 Å². The van der Waals surface area contributed by atoms with Crippen molar-refractivity contribution in [2.75, 3.05) is 0 Å². The number of carbonyl (C=O) groups excluding carboxylic acids is 2. The van der Waals surface area contributed by atoms with Crippen molar-refractivity contribution >= 4 is 11.8 Å². The second kappa shape index (κ2) is 6.25. The van der Waals surface area contributed by atoms with Crippen LogP contribution in [0.5, 0.6) is 0 Å². The fraction of sp³-hybridized carbons (Fsp3) is 0.211. The predicted molar refractivity (Wildman–Crippen MR) is 85.8 cm³/mol. The third-order valence-electron chi connectivity index (χ3n) is 4.27. The van der Waals surface area contributed by atoms with E-state index in [1.54, 1.807) is 43.3 Å². The number of amides is 2. The lowest BCUT2D eigenvalue weighted by Gasteiger charge is -2.24. The van der Waals surface area contributed by atoms with E-state index in [4.69, 9.17) is 0 Å². The molecule has 2 aromatic rings. The molecule has 0 spiro atoms. The first-order valence-corrected chi connectivity index (χ1v) is 7.65. The summed E-state index contributed by atoms with van der Waals surface area (Å²) in [6.07, 6.45) is 0.299. The minimum absolute atomic E-state index is 0.299. The molecule has 2 unspecified atom stereocenters. The van der Waals surface area contributed by atoms with E-state index in [2.05, 4.69) is 6.07 Å². The first-order valence-electron chi connectivity index (χ1n) is 7.65. The molecule has 2 aromatic carbocycles. The van der Waals surface area contributed by atoms with Crippen molar-refractivity contribution in [1.29, 1.82) is 5.26 Å². The highest BCUT2D eigenvalue weighted by atomic mass is 19.1. The lowest BCUT2D eigenvalue weighted by atomic mass is 9.93. The minimum atomic E-state index is -0.523. The number of imide groups is 1. The van der Waals surface area contributed by atoms with Crippen LogP contribution in [0, 0.1) is 17.1 Å². The number of nitrogens with zero attached hydrogens (tertiary/aromatic N) is 2. The van der Waals surface area contributed by atoms with Crippen LogP contribution < -0.4 is 0 Å². The van der Waals surface area contributed by atoms with E-state index < -0.39 is 12.0 Å². The van der Waals surface area contributed by atoms with E-state index in [0.717, 1.165) is 0 Å². The summed E-state index contributed by atoms with van der Waals surface area (Å²) in [5.41, 5.74) is 1.46. The van der Waals surface area contributed by atoms with Crippen LogP contribution in [-0.2, 0) is 0 Å². The van der Waals surface area contributed by atoms with E-state index in [-0.39, 0.29) is 17.6 Å². The molecule has 2 amide bonds. The second-order valence-corrected chi connectivity index (χ2v) is 5.84. The fourth-order valence-corrected chi connectivity index (χ4v) is 3.01. The van der Waals surface area contributed by atoms with Gasteiger partial charge in [0, 0.05) is 6.04 Å². The minimum Gasteiger partial charge on any atom is -0.271 e. The Labute approximate surface area is 139 Å². The molecule has 0 saturated heterocycles. The van der Waals surface area contributed by atoms with E-state index in [1.165, 1.54) is 17.0 Å². The second-order valence-electron chi connectivity index (χ2n) is 5.84. The van der Waals surface area contributed by atoms with E-state index >= 15 is 0 Å². The van der Waals surface area contributed by atoms with Gasteiger partial charge in [0.15, 0.2) is 0 Å². The van der Waals surface area contributed by atoms with Crippen molar-refractivity contribution in [3.63, 3.8) is 0 Å². The number of halogens is 1. The van der Waals surface area contributed by atoms with Gasteiger partial charge in [0.05, 0.1) is 23.1 Å². The SMILES string of the molecule is CC(CC(C#N)c1ccc(F)cc1)N1C(=O)c2ccccc2C1=O. The largest absolute Gasteiger partial charge is 0.271 e. The quantitative estimate of drug-likeness (QED) is 0.809. The van der Waals surface area contributed by atoms with Crippen LogP contribution in [0.15, 0.2) is 48.5 Å². The third-order valence-corrected chi connectivity index (χ3v) is 4.27. The summed E-state index contributed by atoms with van der Waals surface area (Å²) in [4.78, 5) is 26.2. The van der Waals surface area contributed by atoms with Crippen LogP contribution in [0.4, 0.5) is 4.39 Å². The molecule has 4 nitrogen and oxygen atoms in total. The standard InChI is InChI=1S/C19H15FN2O2/c1-12(10-14(11-21)13-6-8-15(20)9-7-13)22-18(23)16-4-2-3-5-17(16)19(22)24/h2-9,12,14H,10H2,1H3. The normalized spacial score (nSPS) is 15.8. The lowest BCUT2D eigenvalue weighted by molar-refractivity contribution is 0.0588. The first kappa shape index (κ1) is 15.9. The average Bonchev–Trinajstić information content (AvgIpc) is 2.85. The molecular formula is C19H15FN2O2. The number of carbonyl (C=O) groups is 2. The molecule has 0 aliphatic carbocycles. The van der Waals surface area contributed by atoms with Gasteiger partial charge in [-0.15, -0.1) is 0 Å². The summed E-state index contributed by atoms with van der Waals surface area (Å²) >= 11 is 0. The maximum absolute atomic E-state index is 13.0. The molecular weight excluding hydrogens is 307 g/mol. The molecule has 0 radical (unpaired) electrons. The molecule has 3 rings (SSSR count). The Balaban J connectivity index is 1.81. The molecule has 1 heterocycles. The maximum atomic E-state index is 13.0. The van der Waals surface area contributed by atoms with Crippen molar-refractivity contribution in [2.24, 2.45) is 0 Å². The van der Waals surface area contributed by atoms with E-state index in [9.17, 15) is 19.2 Å². The summed E-state index contributed by atoms with van der Waals surface area (Å²) in [6.45, 7) is 1.75. The van der Waals surface area contributed by atoms with Gasteiger partial charge in [-0.3, -0.25) is 14.5 Å². The van der Waals surface area contributed by atoms with Crippen molar-refractivity contribution in [3.8, 4) is 6.07 Å². The average molecular weight is 322 g/mol. The van der Waals surface area contributed by atoms with Gasteiger partial charge in [0.1, 0.15) is 5.82 Å². The number of rotatable bonds is 4. The van der Waals surface area contributed by atoms with E-state index in [0.29, 0.717) is 23.1 Å². The Kier molecular flexibility index (Phi) is 4.13. The van der Waals surface area contributed by atoms with E-state index in [1.807, 2.05) is 0 Å². The van der Waals surface area contributed by atoms with Gasteiger partial charge in [-0.05, 0) is 43.2 Å². The Hall–Kier alpha value is -3.00. The molecule has 0 bridgehead atoms. The summed E-state index contributed by atoms with van der Waals surface area (Å²) in [5.74, 6) is -1.56. The van der Waals surface area contributed by atoms with Crippen LogP contribution in [0.25, 0.3) is 0 Å². The van der Waals surface area contributed by atoms with Gasteiger partial charge in [-0.1, -0.05) is 24.3 Å². The molecule has 24 heavy (non-hydrogen) atoms. The zero-order chi connectivity index (χ0) is 17.3. The van der Waals surface area contributed by atoms with Crippen LogP contribution in [0.2, 0.25) is 0 Å². The number of benzene rings is 2. The zero-order valence-electron chi connectivity index (χ0n) is 13.1. The summed E-state index contributed by atoms with van der Waals surface area (Å²) in [5, 5.41) is 9.41. The molecule has 0 N–H and O–H groups in total. The zero-order valence-corrected chi connectivity index (χ0v) is 13.1. The van der Waals surface area contributed by atoms with Gasteiger partial charge in [-0.2, -0.15) is 5.26 Å². The Morgan fingerprint density at radius 3 is 2.08 bits per heavy atom. The predicted octanol–water partition coefficient (Wildman–Crippen LogP) is 3.51. The number of nitriles is 1. The van der Waals surface area contributed by atoms with Crippen LogP contribution in [0.3, 0.4) is 0 Å². The summed E-state index contributed by atoms with van der Waals surface area (Å²) in [7, 11) is 0. The van der Waals surface area contributed by atoms with Crippen LogP contribution in [-0.4, -0.2) is 22.8 Å². The van der Waals surface area contributed by atoms with Gasteiger partial charge >= 0.3 is 0 Å². The number of fused-ring (bicyclic) bond motifs is 1. The molecule has 5 heteroatoms. The van der Waals surface area contributed by atoms with Crippen LogP contribution in [0.1, 0.15) is 45.5 Å². The number of hydrogen-bond donors (Lipinski definition) is 0. The van der Waals surface area contributed by atoms with Gasteiger partial charge in [0.2, 0.25) is 0 Å². The Bertz CT molecular complexity index is 804. The molecule has 0 fully saturated rings. The molecule has 0 saturated carbocycles. The summed E-state index contributed by atoms with van der Waals surface area (Å²) < 4.78 is 13.0. The Morgan fingerprint density at radius 2 is 1.58 bits per heavy atom. The van der Waals surface area contributed by atoms with Crippen molar-refractivity contribution in [3.05, 3.63) is 71.0 Å². The van der Waals surface area contributed by atoms with Crippen molar-refractivity contribution in [2.45, 2.75) is 25.3 Å². The van der Waals surface area contributed by atoms with Crippen molar-refractivity contribution in [1.82, 2.24) is 4.90 Å². The highest BCUT2D eigenvalue weighted by molar-refractivity contribution is 6.21. The van der Waals surface area contributed by atoms with Gasteiger partial charge < -0.3 is 0 Å². The monoisotopic (exact) mass is 322 g/mol. The fourth-order valence-electron chi connectivity index (χ4n) is 3.01. The third kappa shape index (κ3) is 2.67. The highest BCUT2D eigenvalue weighted by Crippen LogP contribution is 2.29. The molecule has 2 atom stereocenters.